The van der Waals surface area contributed by atoms with Crippen LogP contribution >= 0.6 is 0 Å². The minimum atomic E-state index is -0.0256. The monoisotopic (exact) mass is 288 g/mol. The van der Waals surface area contributed by atoms with Gasteiger partial charge in [-0.25, -0.2) is 0 Å². The molecule has 0 bridgehead atoms. The van der Waals surface area contributed by atoms with Crippen LogP contribution in [0.4, 0.5) is 0 Å². The number of carbonyl (C=O) groups excluding carboxylic acids is 1. The number of hydrogen-bond acceptors (Lipinski definition) is 2. The van der Waals surface area contributed by atoms with Crippen LogP contribution in [0.3, 0.4) is 0 Å². The van der Waals surface area contributed by atoms with E-state index in [4.69, 9.17) is 4.42 Å². The zero-order chi connectivity index (χ0) is 15.1. The van der Waals surface area contributed by atoms with E-state index in [0.29, 0.717) is 12.2 Å². The Kier molecular flexibility index (Phi) is 5.67. The molecule has 0 atom stereocenters. The second-order valence-corrected chi connectivity index (χ2v) is 5.20. The maximum atomic E-state index is 12.3. The quantitative estimate of drug-likeness (QED) is 0.586. The highest BCUT2D eigenvalue weighted by atomic mass is 16.3. The first-order valence-corrected chi connectivity index (χ1v) is 7.74. The lowest BCUT2D eigenvalue weighted by Gasteiger charge is -2.08. The van der Waals surface area contributed by atoms with Gasteiger partial charge in [0.05, 0.1) is 11.8 Å². The fourth-order valence-electron chi connectivity index (χ4n) is 2.42. The summed E-state index contributed by atoms with van der Waals surface area (Å²) < 4.78 is 7.39. The molecule has 21 heavy (non-hydrogen) atoms. The first-order valence-electron chi connectivity index (χ1n) is 7.74. The van der Waals surface area contributed by atoms with Crippen LogP contribution in [0.5, 0.6) is 0 Å². The summed E-state index contributed by atoms with van der Waals surface area (Å²) in [7, 11) is 0. The van der Waals surface area contributed by atoms with Gasteiger partial charge in [0.25, 0.3) is 5.91 Å². The van der Waals surface area contributed by atoms with Crippen molar-refractivity contribution in [3.8, 4) is 0 Å². The zero-order valence-corrected chi connectivity index (χ0v) is 12.9. The molecule has 0 fully saturated rings. The van der Waals surface area contributed by atoms with Crippen LogP contribution in [0.2, 0.25) is 0 Å². The van der Waals surface area contributed by atoms with Crippen molar-refractivity contribution >= 4 is 17.0 Å². The van der Waals surface area contributed by atoms with Gasteiger partial charge in [-0.05, 0) is 13.3 Å². The van der Waals surface area contributed by atoms with Crippen LogP contribution < -0.4 is 5.32 Å². The maximum absolute atomic E-state index is 12.3. The van der Waals surface area contributed by atoms with E-state index in [-0.39, 0.29) is 5.91 Å². The van der Waals surface area contributed by atoms with E-state index in [2.05, 4.69) is 12.2 Å². The third kappa shape index (κ3) is 3.78. The summed E-state index contributed by atoms with van der Waals surface area (Å²) in [5.41, 5.74) is 2.39. The third-order valence-corrected chi connectivity index (χ3v) is 3.59. The number of fused-ring (bicyclic) bond motifs is 1. The van der Waals surface area contributed by atoms with E-state index in [1.807, 2.05) is 35.8 Å². The SMILES string of the molecule is C/C=C\Cn1c(C(=O)NCCCCCC)cc2occc21. The second kappa shape index (κ2) is 7.72. The summed E-state index contributed by atoms with van der Waals surface area (Å²) in [4.78, 5) is 12.3. The van der Waals surface area contributed by atoms with Gasteiger partial charge >= 0.3 is 0 Å². The zero-order valence-electron chi connectivity index (χ0n) is 12.9. The summed E-state index contributed by atoms with van der Waals surface area (Å²) in [6, 6.07) is 3.72. The first-order chi connectivity index (χ1) is 10.3. The summed E-state index contributed by atoms with van der Waals surface area (Å²) in [6.07, 6.45) is 10.3. The molecule has 2 aromatic heterocycles. The van der Waals surface area contributed by atoms with E-state index in [9.17, 15) is 4.79 Å². The fraction of sp³-hybridized carbons (Fsp3) is 0.471. The molecule has 0 unspecified atom stereocenters. The van der Waals surface area contributed by atoms with E-state index >= 15 is 0 Å². The van der Waals surface area contributed by atoms with Crippen LogP contribution in [-0.4, -0.2) is 17.0 Å². The predicted molar refractivity (Wildman–Crippen MR) is 85.5 cm³/mol. The van der Waals surface area contributed by atoms with Crippen LogP contribution in [0.25, 0.3) is 11.1 Å². The van der Waals surface area contributed by atoms with Gasteiger partial charge in [-0.1, -0.05) is 38.3 Å². The number of nitrogens with one attached hydrogen (secondary N) is 1. The van der Waals surface area contributed by atoms with Gasteiger partial charge in [0.1, 0.15) is 5.69 Å². The molecule has 0 aromatic carbocycles. The van der Waals surface area contributed by atoms with Gasteiger partial charge in [0, 0.05) is 25.2 Å². The molecule has 4 nitrogen and oxygen atoms in total. The third-order valence-electron chi connectivity index (χ3n) is 3.59. The number of nitrogens with zero attached hydrogens (tertiary/aromatic N) is 1. The van der Waals surface area contributed by atoms with E-state index in [0.717, 1.165) is 24.1 Å². The van der Waals surface area contributed by atoms with Gasteiger partial charge in [-0.3, -0.25) is 4.79 Å². The Morgan fingerprint density at radius 3 is 3.00 bits per heavy atom. The summed E-state index contributed by atoms with van der Waals surface area (Å²) in [5, 5.41) is 3.00. The molecular formula is C17H24N2O2. The normalized spacial score (nSPS) is 11.5. The number of aromatic nitrogens is 1. The van der Waals surface area contributed by atoms with E-state index in [1.54, 1.807) is 6.26 Å². The molecule has 0 aliphatic heterocycles. The second-order valence-electron chi connectivity index (χ2n) is 5.20. The number of hydrogen-bond donors (Lipinski definition) is 1. The summed E-state index contributed by atoms with van der Waals surface area (Å²) in [5.74, 6) is -0.0256. The molecule has 0 saturated heterocycles. The predicted octanol–water partition coefficient (Wildman–Crippen LogP) is 4.12. The number of unbranched alkanes of at least 4 members (excludes halogenated alkanes) is 3. The van der Waals surface area contributed by atoms with Gasteiger partial charge < -0.3 is 14.3 Å². The summed E-state index contributed by atoms with van der Waals surface area (Å²) in [6.45, 7) is 5.57. The number of allylic oxidation sites excluding steroid dienone is 2. The molecule has 1 amide bonds. The van der Waals surface area contributed by atoms with Gasteiger partial charge in [-0.15, -0.1) is 0 Å². The average molecular weight is 288 g/mol. The maximum Gasteiger partial charge on any atom is 0.268 e. The smallest absolute Gasteiger partial charge is 0.268 e. The molecule has 0 aliphatic rings. The minimum absolute atomic E-state index is 0.0256. The van der Waals surface area contributed by atoms with Crippen molar-refractivity contribution in [2.45, 2.75) is 46.1 Å². The molecule has 0 spiro atoms. The van der Waals surface area contributed by atoms with Crippen molar-refractivity contribution in [1.82, 2.24) is 9.88 Å². The Morgan fingerprint density at radius 2 is 2.24 bits per heavy atom. The Hall–Kier alpha value is -1.97. The van der Waals surface area contributed by atoms with Crippen LogP contribution in [0.1, 0.15) is 50.0 Å². The van der Waals surface area contributed by atoms with Crippen molar-refractivity contribution in [3.05, 3.63) is 36.2 Å². The molecule has 1 N–H and O–H groups in total. The van der Waals surface area contributed by atoms with Crippen molar-refractivity contribution < 1.29 is 9.21 Å². The molecule has 114 valence electrons. The van der Waals surface area contributed by atoms with Crippen LogP contribution in [0, 0.1) is 0 Å². The van der Waals surface area contributed by atoms with Crippen LogP contribution in [0.15, 0.2) is 35.0 Å². The molecular weight excluding hydrogens is 264 g/mol. The highest BCUT2D eigenvalue weighted by Crippen LogP contribution is 2.21. The highest BCUT2D eigenvalue weighted by molar-refractivity contribution is 5.97. The molecule has 0 radical (unpaired) electrons. The minimum Gasteiger partial charge on any atom is -0.463 e. The molecule has 2 aromatic rings. The standard InChI is InChI=1S/C17H24N2O2/c1-3-5-7-8-10-18-17(20)15-13-16-14(9-12-21-16)19(15)11-6-4-2/h4,6,9,12-13H,3,5,7-8,10-11H2,1-2H3,(H,18,20)/b6-4-. The molecule has 0 saturated carbocycles. The van der Waals surface area contributed by atoms with Crippen molar-refractivity contribution in [2.75, 3.05) is 6.54 Å². The van der Waals surface area contributed by atoms with Crippen molar-refractivity contribution in [2.24, 2.45) is 0 Å². The Labute approximate surface area is 125 Å². The van der Waals surface area contributed by atoms with Crippen LogP contribution in [-0.2, 0) is 6.54 Å². The molecule has 2 rings (SSSR count). The van der Waals surface area contributed by atoms with E-state index < -0.39 is 0 Å². The van der Waals surface area contributed by atoms with Gasteiger partial charge in [-0.2, -0.15) is 0 Å². The lowest BCUT2D eigenvalue weighted by atomic mass is 10.2. The molecule has 0 aliphatic carbocycles. The number of rotatable bonds is 8. The fourth-order valence-corrected chi connectivity index (χ4v) is 2.42. The summed E-state index contributed by atoms with van der Waals surface area (Å²) >= 11 is 0. The number of amides is 1. The van der Waals surface area contributed by atoms with Crippen molar-refractivity contribution in [1.29, 1.82) is 0 Å². The Morgan fingerprint density at radius 1 is 1.38 bits per heavy atom. The average Bonchev–Trinajstić information content (AvgIpc) is 3.06. The lowest BCUT2D eigenvalue weighted by molar-refractivity contribution is 0.0944. The largest absolute Gasteiger partial charge is 0.463 e. The molecule has 4 heteroatoms. The lowest BCUT2D eigenvalue weighted by Crippen LogP contribution is -2.26. The number of furan rings is 1. The Bertz CT molecular complexity index is 607. The Balaban J connectivity index is 2.05. The first kappa shape index (κ1) is 15.4. The van der Waals surface area contributed by atoms with Gasteiger partial charge in [0.15, 0.2) is 5.58 Å². The molecule has 2 heterocycles. The highest BCUT2D eigenvalue weighted by Gasteiger charge is 2.16. The number of carbonyl (C=O) groups is 1. The van der Waals surface area contributed by atoms with E-state index in [1.165, 1.54) is 19.3 Å². The van der Waals surface area contributed by atoms with Gasteiger partial charge in [0.2, 0.25) is 0 Å². The topological polar surface area (TPSA) is 47.2 Å². The van der Waals surface area contributed by atoms with Crippen molar-refractivity contribution in [3.63, 3.8) is 0 Å².